The Balaban J connectivity index is 2.02. The summed E-state index contributed by atoms with van der Waals surface area (Å²) in [7, 11) is 1.64. The first-order valence-corrected chi connectivity index (χ1v) is 6.98. The van der Waals surface area contributed by atoms with E-state index in [0.29, 0.717) is 22.3 Å². The van der Waals surface area contributed by atoms with Crippen LogP contribution in [0.15, 0.2) is 36.7 Å². The summed E-state index contributed by atoms with van der Waals surface area (Å²) in [6, 6.07) is 8.39. The highest BCUT2D eigenvalue weighted by atomic mass is 35.5. The van der Waals surface area contributed by atoms with Crippen molar-refractivity contribution in [2.45, 2.75) is 13.0 Å². The molecule has 0 unspecified atom stereocenters. The van der Waals surface area contributed by atoms with E-state index in [9.17, 15) is 9.90 Å². The molecule has 0 radical (unpaired) electrons. The van der Waals surface area contributed by atoms with Gasteiger partial charge >= 0.3 is 0 Å². The van der Waals surface area contributed by atoms with Crippen molar-refractivity contribution in [3.63, 3.8) is 0 Å². The second-order valence-corrected chi connectivity index (χ2v) is 5.15. The van der Waals surface area contributed by atoms with Crippen molar-refractivity contribution in [3.8, 4) is 11.6 Å². The molecule has 1 aromatic carbocycles. The molecule has 0 spiro atoms. The summed E-state index contributed by atoms with van der Waals surface area (Å²) in [5.74, 6) is 0.801. The van der Waals surface area contributed by atoms with Crippen molar-refractivity contribution in [2.24, 2.45) is 0 Å². The maximum Gasteiger partial charge on any atom is 0.223 e. The molecular formula is C15H16ClN3O3. The Morgan fingerprint density at radius 3 is 2.64 bits per heavy atom. The molecule has 0 fully saturated rings. The van der Waals surface area contributed by atoms with Crippen LogP contribution in [0.2, 0.25) is 5.15 Å². The number of aliphatic hydroxyl groups excluding tert-OH is 1. The molecule has 0 aliphatic rings. The third-order valence-electron chi connectivity index (χ3n) is 3.08. The van der Waals surface area contributed by atoms with Crippen LogP contribution in [-0.2, 0) is 4.79 Å². The predicted octanol–water partition coefficient (Wildman–Crippen LogP) is 2.43. The van der Waals surface area contributed by atoms with E-state index in [1.54, 1.807) is 31.3 Å². The lowest BCUT2D eigenvalue weighted by Gasteiger charge is -2.19. The van der Waals surface area contributed by atoms with Crippen LogP contribution in [-0.4, -0.2) is 39.5 Å². The first-order valence-electron chi connectivity index (χ1n) is 6.61. The fourth-order valence-corrected chi connectivity index (χ4v) is 1.88. The van der Waals surface area contributed by atoms with E-state index in [1.165, 1.54) is 24.2 Å². The maximum atomic E-state index is 11.2. The number of carbonyl (C=O) groups is 1. The second kappa shape index (κ2) is 7.20. The largest absolute Gasteiger partial charge is 0.439 e. The lowest BCUT2D eigenvalue weighted by molar-refractivity contribution is -0.128. The molecule has 0 bridgehead atoms. The average Bonchev–Trinajstić information content (AvgIpc) is 2.47. The Kier molecular flexibility index (Phi) is 5.30. The molecule has 1 N–H and O–H groups in total. The van der Waals surface area contributed by atoms with Crippen LogP contribution in [0.4, 0.5) is 0 Å². The van der Waals surface area contributed by atoms with E-state index in [1.807, 2.05) is 0 Å². The first-order chi connectivity index (χ1) is 10.5. The SMILES string of the molecule is CC(=O)N(C)C[C@H](O)c1ccc(Oc2cc(Cl)ncn2)cc1. The predicted molar refractivity (Wildman–Crippen MR) is 81.8 cm³/mol. The topological polar surface area (TPSA) is 75.6 Å². The number of amides is 1. The molecule has 116 valence electrons. The summed E-state index contributed by atoms with van der Waals surface area (Å²) in [5, 5.41) is 10.4. The third-order valence-corrected chi connectivity index (χ3v) is 3.29. The van der Waals surface area contributed by atoms with Crippen LogP contribution in [0.1, 0.15) is 18.6 Å². The molecule has 7 heteroatoms. The molecule has 1 atom stereocenters. The Hall–Kier alpha value is -2.18. The van der Waals surface area contributed by atoms with Crippen LogP contribution in [0.5, 0.6) is 11.6 Å². The minimum absolute atomic E-state index is 0.0976. The van der Waals surface area contributed by atoms with Crippen molar-refractivity contribution in [1.29, 1.82) is 0 Å². The minimum atomic E-state index is -0.753. The minimum Gasteiger partial charge on any atom is -0.439 e. The van der Waals surface area contributed by atoms with Gasteiger partial charge in [0.1, 0.15) is 17.2 Å². The van der Waals surface area contributed by atoms with Crippen molar-refractivity contribution >= 4 is 17.5 Å². The second-order valence-electron chi connectivity index (χ2n) is 4.77. The van der Waals surface area contributed by atoms with E-state index < -0.39 is 6.10 Å². The molecule has 0 saturated heterocycles. The number of aromatic nitrogens is 2. The highest BCUT2D eigenvalue weighted by Gasteiger charge is 2.12. The number of halogens is 1. The molecular weight excluding hydrogens is 306 g/mol. The fraction of sp³-hybridized carbons (Fsp3) is 0.267. The van der Waals surface area contributed by atoms with Crippen LogP contribution in [0.25, 0.3) is 0 Å². The zero-order valence-corrected chi connectivity index (χ0v) is 13.0. The van der Waals surface area contributed by atoms with Crippen molar-refractivity contribution in [2.75, 3.05) is 13.6 Å². The molecule has 0 aliphatic heterocycles. The number of nitrogens with zero attached hydrogens (tertiary/aromatic N) is 3. The monoisotopic (exact) mass is 321 g/mol. The van der Waals surface area contributed by atoms with Gasteiger partial charge in [-0.2, -0.15) is 0 Å². The van der Waals surface area contributed by atoms with Gasteiger partial charge in [0.15, 0.2) is 0 Å². The quantitative estimate of drug-likeness (QED) is 0.856. The normalized spacial score (nSPS) is 11.8. The maximum absolute atomic E-state index is 11.2. The highest BCUT2D eigenvalue weighted by molar-refractivity contribution is 6.29. The number of rotatable bonds is 5. The van der Waals surface area contributed by atoms with E-state index in [0.717, 1.165) is 0 Å². The van der Waals surface area contributed by atoms with E-state index in [4.69, 9.17) is 16.3 Å². The summed E-state index contributed by atoms with van der Waals surface area (Å²) in [4.78, 5) is 20.3. The Labute approximate surface area is 133 Å². The van der Waals surface area contributed by atoms with Crippen LogP contribution < -0.4 is 4.74 Å². The Morgan fingerprint density at radius 2 is 2.05 bits per heavy atom. The number of carbonyl (C=O) groups excluding carboxylic acids is 1. The number of ether oxygens (including phenoxy) is 1. The van der Waals surface area contributed by atoms with Crippen molar-refractivity contribution in [3.05, 3.63) is 47.4 Å². The van der Waals surface area contributed by atoms with Gasteiger partial charge in [-0.15, -0.1) is 0 Å². The van der Waals surface area contributed by atoms with E-state index >= 15 is 0 Å². The molecule has 1 heterocycles. The van der Waals surface area contributed by atoms with Gasteiger partial charge in [0.05, 0.1) is 12.6 Å². The number of likely N-dealkylation sites (N-methyl/N-ethyl adjacent to an activating group) is 1. The lowest BCUT2D eigenvalue weighted by Crippen LogP contribution is -2.28. The third kappa shape index (κ3) is 4.41. The van der Waals surface area contributed by atoms with Gasteiger partial charge in [-0.05, 0) is 17.7 Å². The zero-order chi connectivity index (χ0) is 16.1. The zero-order valence-electron chi connectivity index (χ0n) is 12.2. The van der Waals surface area contributed by atoms with Crippen LogP contribution >= 0.6 is 11.6 Å². The summed E-state index contributed by atoms with van der Waals surface area (Å²) in [6.45, 7) is 1.69. The van der Waals surface area contributed by atoms with Gasteiger partial charge in [0.25, 0.3) is 0 Å². The molecule has 2 rings (SSSR count). The first kappa shape index (κ1) is 16.2. The summed E-state index contributed by atoms with van der Waals surface area (Å²) < 4.78 is 5.53. The molecule has 0 saturated carbocycles. The fourth-order valence-electron chi connectivity index (χ4n) is 1.75. The smallest absolute Gasteiger partial charge is 0.223 e. The molecule has 1 aromatic heterocycles. The van der Waals surface area contributed by atoms with Gasteiger partial charge < -0.3 is 14.7 Å². The summed E-state index contributed by atoms with van der Waals surface area (Å²) in [6.07, 6.45) is 0.560. The number of hydrogen-bond donors (Lipinski definition) is 1. The average molecular weight is 322 g/mol. The molecule has 6 nitrogen and oxygen atoms in total. The highest BCUT2D eigenvalue weighted by Crippen LogP contribution is 2.23. The van der Waals surface area contributed by atoms with E-state index in [2.05, 4.69) is 9.97 Å². The molecule has 1 amide bonds. The van der Waals surface area contributed by atoms with E-state index in [-0.39, 0.29) is 12.5 Å². The summed E-state index contributed by atoms with van der Waals surface area (Å²) >= 11 is 5.76. The summed E-state index contributed by atoms with van der Waals surface area (Å²) in [5.41, 5.74) is 0.696. The Morgan fingerprint density at radius 1 is 1.36 bits per heavy atom. The standard InChI is InChI=1S/C15H16ClN3O3/c1-10(20)19(2)8-13(21)11-3-5-12(6-4-11)22-15-7-14(16)17-9-18-15/h3-7,9,13,21H,8H2,1-2H3/t13-/m0/s1. The molecule has 22 heavy (non-hydrogen) atoms. The van der Waals surface area contributed by atoms with Gasteiger partial charge in [-0.25, -0.2) is 9.97 Å². The lowest BCUT2D eigenvalue weighted by atomic mass is 10.1. The number of benzene rings is 1. The van der Waals surface area contributed by atoms with Gasteiger partial charge in [-0.1, -0.05) is 23.7 Å². The van der Waals surface area contributed by atoms with Crippen LogP contribution in [0.3, 0.4) is 0 Å². The number of hydrogen-bond acceptors (Lipinski definition) is 5. The molecule has 0 aliphatic carbocycles. The van der Waals surface area contributed by atoms with Crippen molar-refractivity contribution < 1.29 is 14.6 Å². The molecule has 2 aromatic rings. The van der Waals surface area contributed by atoms with Gasteiger partial charge in [0.2, 0.25) is 11.8 Å². The van der Waals surface area contributed by atoms with Crippen LogP contribution in [0, 0.1) is 0 Å². The number of aliphatic hydroxyl groups is 1. The van der Waals surface area contributed by atoms with Gasteiger partial charge in [0, 0.05) is 20.0 Å². The van der Waals surface area contributed by atoms with Crippen molar-refractivity contribution in [1.82, 2.24) is 14.9 Å². The Bertz CT molecular complexity index is 649. The van der Waals surface area contributed by atoms with Gasteiger partial charge in [-0.3, -0.25) is 4.79 Å².